The molecule has 1 aromatic heterocycles. The van der Waals surface area contributed by atoms with E-state index in [4.69, 9.17) is 32.5 Å². The fraction of sp³-hybridized carbons (Fsp3) is 0.214. The van der Waals surface area contributed by atoms with Crippen molar-refractivity contribution in [2.24, 2.45) is 0 Å². The Hall–Kier alpha value is -1.57. The third-order valence-corrected chi connectivity index (χ3v) is 3.92. The van der Waals surface area contributed by atoms with Gasteiger partial charge in [-0.25, -0.2) is 4.79 Å². The Balaban J connectivity index is 2.59. The summed E-state index contributed by atoms with van der Waals surface area (Å²) in [6.07, 6.45) is 0. The summed E-state index contributed by atoms with van der Waals surface area (Å²) in [5.41, 5.74) is 0.335. The lowest BCUT2D eigenvalue weighted by atomic mass is 10.1. The lowest BCUT2D eigenvalue weighted by Gasteiger charge is -2.07. The number of rotatable bonds is 4. The maximum absolute atomic E-state index is 12.1. The molecule has 1 atom stereocenters. The summed E-state index contributed by atoms with van der Waals surface area (Å²) in [6, 6.07) is 4.84. The zero-order chi connectivity index (χ0) is 17.1. The Morgan fingerprint density at radius 3 is 2.48 bits per heavy atom. The minimum absolute atomic E-state index is 0.0657. The summed E-state index contributed by atoms with van der Waals surface area (Å²) < 4.78 is 9.81. The first-order valence-corrected chi connectivity index (χ1v) is 8.01. The van der Waals surface area contributed by atoms with Gasteiger partial charge in [0.25, 0.3) is 0 Å². The summed E-state index contributed by atoms with van der Waals surface area (Å²) in [5, 5.41) is 6.83. The van der Waals surface area contributed by atoms with E-state index >= 15 is 0 Å². The van der Waals surface area contributed by atoms with Gasteiger partial charge in [0.1, 0.15) is 5.69 Å². The van der Waals surface area contributed by atoms with Crippen molar-refractivity contribution < 1.29 is 18.8 Å². The first-order valence-electron chi connectivity index (χ1n) is 6.34. The van der Waals surface area contributed by atoms with Crippen LogP contribution in [0.3, 0.4) is 0 Å². The number of methoxy groups -OCH3 is 1. The van der Waals surface area contributed by atoms with Crippen LogP contribution in [-0.4, -0.2) is 29.0 Å². The summed E-state index contributed by atoms with van der Waals surface area (Å²) in [5.74, 6) is -1.29. The van der Waals surface area contributed by atoms with Crippen molar-refractivity contribution in [2.75, 3.05) is 12.4 Å². The molecule has 6 nitrogen and oxygen atoms in total. The molecule has 2 aromatic rings. The van der Waals surface area contributed by atoms with Gasteiger partial charge in [0.2, 0.25) is 11.8 Å². The summed E-state index contributed by atoms with van der Waals surface area (Å²) in [4.78, 5) is 23.4. The molecule has 0 bridgehead atoms. The van der Waals surface area contributed by atoms with Gasteiger partial charge >= 0.3 is 5.97 Å². The van der Waals surface area contributed by atoms with E-state index in [1.807, 2.05) is 0 Å². The number of carbonyl (C=O) groups is 2. The fourth-order valence-electron chi connectivity index (χ4n) is 1.77. The molecule has 1 heterocycles. The monoisotopic (exact) mass is 420 g/mol. The highest BCUT2D eigenvalue weighted by atomic mass is 79.9. The van der Waals surface area contributed by atoms with E-state index in [1.54, 1.807) is 25.1 Å². The molecule has 0 saturated carbocycles. The maximum Gasteiger partial charge on any atom is 0.345 e. The van der Waals surface area contributed by atoms with Crippen molar-refractivity contribution in [3.05, 3.63) is 33.8 Å². The van der Waals surface area contributed by atoms with Crippen molar-refractivity contribution >= 4 is 56.9 Å². The van der Waals surface area contributed by atoms with E-state index in [1.165, 1.54) is 7.11 Å². The number of carbonyl (C=O) groups excluding carboxylic acids is 2. The second-order valence-electron chi connectivity index (χ2n) is 4.43. The van der Waals surface area contributed by atoms with Crippen LogP contribution in [-0.2, 0) is 9.53 Å². The summed E-state index contributed by atoms with van der Waals surface area (Å²) >= 11 is 15.4. The Kier molecular flexibility index (Phi) is 5.67. The van der Waals surface area contributed by atoms with Crippen LogP contribution in [0.2, 0.25) is 10.0 Å². The summed E-state index contributed by atoms with van der Waals surface area (Å²) in [7, 11) is 1.20. The van der Waals surface area contributed by atoms with Gasteiger partial charge in [-0.3, -0.25) is 10.1 Å². The molecule has 1 N–H and O–H groups in total. The van der Waals surface area contributed by atoms with Crippen LogP contribution >= 0.6 is 39.1 Å². The number of anilines is 1. The van der Waals surface area contributed by atoms with Gasteiger partial charge in [-0.15, -0.1) is 0 Å². The number of nitrogens with zero attached hydrogens (tertiary/aromatic N) is 1. The van der Waals surface area contributed by atoms with Crippen molar-refractivity contribution in [3.8, 4) is 11.3 Å². The number of hydrogen-bond acceptors (Lipinski definition) is 5. The van der Waals surface area contributed by atoms with Crippen LogP contribution in [0, 0.1) is 0 Å². The standard InChI is InChI=1S/C14H11BrCl2N2O4/c1-6(15)12(20)18-13-10(14(21)22-2)11(19-23-13)9-7(16)4-3-5-8(9)17/h3-6H,1-2H3,(H,18,20). The molecule has 1 aromatic carbocycles. The highest BCUT2D eigenvalue weighted by Gasteiger charge is 2.29. The number of nitrogens with one attached hydrogen (secondary N) is 1. The van der Waals surface area contributed by atoms with Gasteiger partial charge in [-0.05, 0) is 19.1 Å². The molecule has 0 spiro atoms. The molecule has 2 rings (SSSR count). The first-order chi connectivity index (χ1) is 10.9. The number of esters is 1. The molecule has 0 radical (unpaired) electrons. The largest absolute Gasteiger partial charge is 0.465 e. The van der Waals surface area contributed by atoms with E-state index in [0.29, 0.717) is 5.56 Å². The average Bonchev–Trinajstić information content (AvgIpc) is 2.89. The van der Waals surface area contributed by atoms with Crippen molar-refractivity contribution in [1.29, 1.82) is 0 Å². The Bertz CT molecular complexity index is 741. The lowest BCUT2D eigenvalue weighted by molar-refractivity contribution is -0.115. The number of aromatic nitrogens is 1. The van der Waals surface area contributed by atoms with Gasteiger partial charge < -0.3 is 9.26 Å². The number of halogens is 3. The topological polar surface area (TPSA) is 81.4 Å². The minimum atomic E-state index is -0.741. The van der Waals surface area contributed by atoms with E-state index < -0.39 is 16.7 Å². The second kappa shape index (κ2) is 7.33. The van der Waals surface area contributed by atoms with Gasteiger partial charge in [0, 0.05) is 5.56 Å². The van der Waals surface area contributed by atoms with E-state index in [0.717, 1.165) is 0 Å². The zero-order valence-electron chi connectivity index (χ0n) is 12.0. The predicted molar refractivity (Wildman–Crippen MR) is 90.3 cm³/mol. The van der Waals surface area contributed by atoms with Crippen molar-refractivity contribution in [1.82, 2.24) is 5.16 Å². The fourth-order valence-corrected chi connectivity index (χ4v) is 2.46. The number of hydrogen-bond donors (Lipinski definition) is 1. The molecule has 0 aliphatic rings. The van der Waals surface area contributed by atoms with Gasteiger partial charge in [0.15, 0.2) is 5.56 Å². The normalized spacial score (nSPS) is 11.9. The molecule has 9 heteroatoms. The minimum Gasteiger partial charge on any atom is -0.465 e. The smallest absolute Gasteiger partial charge is 0.345 e. The van der Waals surface area contributed by atoms with Gasteiger partial charge in [0.05, 0.1) is 22.0 Å². The predicted octanol–water partition coefficient (Wildman–Crippen LogP) is 4.16. The average molecular weight is 422 g/mol. The van der Waals surface area contributed by atoms with Crippen LogP contribution < -0.4 is 5.32 Å². The molecule has 1 unspecified atom stereocenters. The molecule has 23 heavy (non-hydrogen) atoms. The number of benzene rings is 1. The molecular formula is C14H11BrCl2N2O4. The van der Waals surface area contributed by atoms with Crippen LogP contribution in [0.1, 0.15) is 17.3 Å². The number of ether oxygens (including phenoxy) is 1. The van der Waals surface area contributed by atoms with Crippen LogP contribution in [0.5, 0.6) is 0 Å². The molecule has 0 fully saturated rings. The van der Waals surface area contributed by atoms with Crippen molar-refractivity contribution in [3.63, 3.8) is 0 Å². The van der Waals surface area contributed by atoms with Gasteiger partial charge in [-0.2, -0.15) is 0 Å². The quantitative estimate of drug-likeness (QED) is 0.592. The highest BCUT2D eigenvalue weighted by molar-refractivity contribution is 9.10. The molecule has 0 saturated heterocycles. The Morgan fingerprint density at radius 2 is 1.96 bits per heavy atom. The highest BCUT2D eigenvalue weighted by Crippen LogP contribution is 2.38. The molecular weight excluding hydrogens is 411 g/mol. The SMILES string of the molecule is COC(=O)c1c(-c2c(Cl)cccc2Cl)noc1NC(=O)C(C)Br. The van der Waals surface area contributed by atoms with Crippen LogP contribution in [0.15, 0.2) is 22.7 Å². The van der Waals surface area contributed by atoms with Crippen LogP contribution in [0.4, 0.5) is 5.88 Å². The first kappa shape index (κ1) is 17.8. The second-order valence-corrected chi connectivity index (χ2v) is 6.62. The number of amides is 1. The molecule has 1 amide bonds. The summed E-state index contributed by atoms with van der Waals surface area (Å²) in [6.45, 7) is 1.62. The van der Waals surface area contributed by atoms with Crippen molar-refractivity contribution in [2.45, 2.75) is 11.8 Å². The maximum atomic E-state index is 12.1. The van der Waals surface area contributed by atoms with E-state index in [2.05, 4.69) is 26.4 Å². The third-order valence-electron chi connectivity index (χ3n) is 2.88. The van der Waals surface area contributed by atoms with Crippen LogP contribution in [0.25, 0.3) is 11.3 Å². The lowest BCUT2D eigenvalue weighted by Crippen LogP contribution is -2.21. The van der Waals surface area contributed by atoms with E-state index in [-0.39, 0.29) is 27.2 Å². The van der Waals surface area contributed by atoms with Gasteiger partial charge in [-0.1, -0.05) is 50.4 Å². The molecule has 0 aliphatic heterocycles. The Morgan fingerprint density at radius 1 is 1.35 bits per heavy atom. The number of alkyl halides is 1. The molecule has 122 valence electrons. The third kappa shape index (κ3) is 3.68. The zero-order valence-corrected chi connectivity index (χ0v) is 15.1. The van der Waals surface area contributed by atoms with E-state index in [9.17, 15) is 9.59 Å². The Labute approximate surface area is 150 Å². The molecule has 0 aliphatic carbocycles.